The standard InChI is InChI=1S/C19H14ClNO4/c1-24-18(22)13-8-6-12(7-9-13)11-25-19(23)15-10-17(20)21-16-5-3-2-4-14(15)16/h2-10H,11H2,1H3. The van der Waals surface area contributed by atoms with Crippen LogP contribution in [0.4, 0.5) is 0 Å². The minimum absolute atomic E-state index is 0.0779. The second-order valence-electron chi connectivity index (χ2n) is 5.27. The summed E-state index contributed by atoms with van der Waals surface area (Å²) in [6.45, 7) is 0.0779. The van der Waals surface area contributed by atoms with E-state index in [1.165, 1.54) is 13.2 Å². The van der Waals surface area contributed by atoms with E-state index in [9.17, 15) is 9.59 Å². The van der Waals surface area contributed by atoms with Crippen LogP contribution in [0.2, 0.25) is 5.15 Å². The lowest BCUT2D eigenvalue weighted by molar-refractivity contribution is 0.0473. The Labute approximate surface area is 149 Å². The Kier molecular flexibility index (Phi) is 4.95. The average Bonchev–Trinajstić information content (AvgIpc) is 2.65. The summed E-state index contributed by atoms with van der Waals surface area (Å²) in [5.41, 5.74) is 2.18. The molecule has 25 heavy (non-hydrogen) atoms. The first-order chi connectivity index (χ1) is 12.1. The summed E-state index contributed by atoms with van der Waals surface area (Å²) in [5, 5.41) is 0.908. The molecule has 1 heterocycles. The van der Waals surface area contributed by atoms with Crippen molar-refractivity contribution in [2.24, 2.45) is 0 Å². The molecule has 0 unspecified atom stereocenters. The van der Waals surface area contributed by atoms with E-state index in [0.717, 1.165) is 5.56 Å². The Morgan fingerprint density at radius 3 is 2.48 bits per heavy atom. The Bertz CT molecular complexity index is 938. The highest BCUT2D eigenvalue weighted by atomic mass is 35.5. The van der Waals surface area contributed by atoms with E-state index >= 15 is 0 Å². The van der Waals surface area contributed by atoms with Crippen molar-refractivity contribution < 1.29 is 19.1 Å². The van der Waals surface area contributed by atoms with Crippen LogP contribution in [0, 0.1) is 0 Å². The van der Waals surface area contributed by atoms with Gasteiger partial charge in [-0.2, -0.15) is 0 Å². The van der Waals surface area contributed by atoms with Crippen molar-refractivity contribution in [2.45, 2.75) is 6.61 Å². The van der Waals surface area contributed by atoms with Crippen LogP contribution in [-0.4, -0.2) is 24.0 Å². The van der Waals surface area contributed by atoms with Gasteiger partial charge in [0, 0.05) is 5.39 Å². The normalized spacial score (nSPS) is 10.5. The van der Waals surface area contributed by atoms with Crippen molar-refractivity contribution in [2.75, 3.05) is 7.11 Å². The van der Waals surface area contributed by atoms with Crippen molar-refractivity contribution in [3.05, 3.63) is 76.4 Å². The summed E-state index contributed by atoms with van der Waals surface area (Å²) in [7, 11) is 1.32. The van der Waals surface area contributed by atoms with Crippen molar-refractivity contribution in [1.82, 2.24) is 4.98 Å². The highest BCUT2D eigenvalue weighted by Crippen LogP contribution is 2.22. The molecule has 2 aromatic carbocycles. The quantitative estimate of drug-likeness (QED) is 0.522. The maximum atomic E-state index is 12.4. The first-order valence-corrected chi connectivity index (χ1v) is 7.86. The van der Waals surface area contributed by atoms with Crippen LogP contribution in [0.15, 0.2) is 54.6 Å². The van der Waals surface area contributed by atoms with Crippen molar-refractivity contribution in [3.8, 4) is 0 Å². The molecule has 5 nitrogen and oxygen atoms in total. The van der Waals surface area contributed by atoms with Gasteiger partial charge in [-0.15, -0.1) is 0 Å². The third kappa shape index (κ3) is 3.78. The number of esters is 2. The van der Waals surface area contributed by atoms with E-state index in [0.29, 0.717) is 22.0 Å². The zero-order valence-electron chi connectivity index (χ0n) is 13.4. The van der Waals surface area contributed by atoms with Crippen molar-refractivity contribution >= 4 is 34.4 Å². The van der Waals surface area contributed by atoms with Gasteiger partial charge in [0.25, 0.3) is 0 Å². The smallest absolute Gasteiger partial charge is 0.339 e. The fraction of sp³-hybridized carbons (Fsp3) is 0.105. The maximum Gasteiger partial charge on any atom is 0.339 e. The van der Waals surface area contributed by atoms with E-state index in [1.807, 2.05) is 12.1 Å². The number of para-hydroxylation sites is 1. The van der Waals surface area contributed by atoms with Gasteiger partial charge in [-0.25, -0.2) is 14.6 Å². The molecule has 0 spiro atoms. The zero-order chi connectivity index (χ0) is 17.8. The van der Waals surface area contributed by atoms with E-state index in [4.69, 9.17) is 16.3 Å². The molecule has 1 aromatic heterocycles. The largest absolute Gasteiger partial charge is 0.465 e. The predicted octanol–water partition coefficient (Wildman–Crippen LogP) is 4.03. The molecule has 3 aromatic rings. The minimum atomic E-state index is -0.488. The van der Waals surface area contributed by atoms with E-state index in [1.54, 1.807) is 36.4 Å². The van der Waals surface area contributed by atoms with Gasteiger partial charge in [-0.05, 0) is 29.8 Å². The van der Waals surface area contributed by atoms with Crippen LogP contribution >= 0.6 is 11.6 Å². The van der Waals surface area contributed by atoms with Crippen LogP contribution in [0.1, 0.15) is 26.3 Å². The number of aromatic nitrogens is 1. The summed E-state index contributed by atoms with van der Waals surface area (Å²) in [5.74, 6) is -0.904. The van der Waals surface area contributed by atoms with Crippen molar-refractivity contribution in [1.29, 1.82) is 0 Å². The first kappa shape index (κ1) is 16.9. The Hall–Kier alpha value is -2.92. The highest BCUT2D eigenvalue weighted by molar-refractivity contribution is 6.30. The number of benzene rings is 2. The molecular weight excluding hydrogens is 342 g/mol. The Morgan fingerprint density at radius 2 is 1.76 bits per heavy atom. The zero-order valence-corrected chi connectivity index (χ0v) is 14.1. The van der Waals surface area contributed by atoms with Gasteiger partial charge in [-0.3, -0.25) is 0 Å². The summed E-state index contributed by atoms with van der Waals surface area (Å²) in [4.78, 5) is 28.0. The van der Waals surface area contributed by atoms with E-state index < -0.39 is 11.9 Å². The third-order valence-electron chi connectivity index (χ3n) is 3.65. The van der Waals surface area contributed by atoms with E-state index in [-0.39, 0.29) is 11.8 Å². The number of pyridine rings is 1. The van der Waals surface area contributed by atoms with Crippen LogP contribution in [0.25, 0.3) is 10.9 Å². The van der Waals surface area contributed by atoms with Gasteiger partial charge >= 0.3 is 11.9 Å². The molecule has 0 atom stereocenters. The second-order valence-corrected chi connectivity index (χ2v) is 5.66. The second kappa shape index (κ2) is 7.32. The molecule has 0 amide bonds. The molecule has 0 aliphatic carbocycles. The van der Waals surface area contributed by atoms with Gasteiger partial charge in [0.2, 0.25) is 0 Å². The lowest BCUT2D eigenvalue weighted by atomic mass is 10.1. The van der Waals surface area contributed by atoms with Gasteiger partial charge in [0.1, 0.15) is 11.8 Å². The number of hydrogen-bond acceptors (Lipinski definition) is 5. The first-order valence-electron chi connectivity index (χ1n) is 7.48. The molecule has 0 radical (unpaired) electrons. The molecule has 0 N–H and O–H groups in total. The molecular formula is C19H14ClNO4. The summed E-state index contributed by atoms with van der Waals surface area (Å²) >= 11 is 5.98. The third-order valence-corrected chi connectivity index (χ3v) is 3.84. The Balaban J connectivity index is 1.76. The molecule has 0 fully saturated rings. The molecule has 0 saturated carbocycles. The number of rotatable bonds is 4. The number of carbonyl (C=O) groups is 2. The monoisotopic (exact) mass is 355 g/mol. The number of nitrogens with zero attached hydrogens (tertiary/aromatic N) is 1. The molecule has 126 valence electrons. The van der Waals surface area contributed by atoms with Crippen molar-refractivity contribution in [3.63, 3.8) is 0 Å². The highest BCUT2D eigenvalue weighted by Gasteiger charge is 2.14. The van der Waals surface area contributed by atoms with E-state index in [2.05, 4.69) is 9.72 Å². The number of hydrogen-bond donors (Lipinski definition) is 0. The SMILES string of the molecule is COC(=O)c1ccc(COC(=O)c2cc(Cl)nc3ccccc23)cc1. The molecule has 0 bridgehead atoms. The van der Waals surface area contributed by atoms with Crippen LogP contribution < -0.4 is 0 Å². The lowest BCUT2D eigenvalue weighted by Gasteiger charge is -2.08. The van der Waals surface area contributed by atoms with Crippen LogP contribution in [0.5, 0.6) is 0 Å². The fourth-order valence-electron chi connectivity index (χ4n) is 2.39. The summed E-state index contributed by atoms with van der Waals surface area (Å²) in [6, 6.07) is 15.4. The molecule has 3 rings (SSSR count). The number of fused-ring (bicyclic) bond motifs is 1. The number of carbonyl (C=O) groups excluding carboxylic acids is 2. The molecule has 0 aliphatic heterocycles. The topological polar surface area (TPSA) is 65.5 Å². The Morgan fingerprint density at radius 1 is 1.04 bits per heavy atom. The number of halogens is 1. The summed E-state index contributed by atoms with van der Waals surface area (Å²) in [6.07, 6.45) is 0. The van der Waals surface area contributed by atoms with Gasteiger partial charge in [0.05, 0.1) is 23.8 Å². The van der Waals surface area contributed by atoms with Gasteiger partial charge in [0.15, 0.2) is 0 Å². The molecule has 6 heteroatoms. The lowest BCUT2D eigenvalue weighted by Crippen LogP contribution is -2.07. The van der Waals surface area contributed by atoms with Crippen LogP contribution in [-0.2, 0) is 16.1 Å². The molecule has 0 aliphatic rings. The van der Waals surface area contributed by atoms with Gasteiger partial charge < -0.3 is 9.47 Å². The fourth-order valence-corrected chi connectivity index (χ4v) is 2.59. The number of methoxy groups -OCH3 is 1. The van der Waals surface area contributed by atoms with Gasteiger partial charge in [-0.1, -0.05) is 41.9 Å². The number of ether oxygens (including phenoxy) is 2. The van der Waals surface area contributed by atoms with Crippen LogP contribution in [0.3, 0.4) is 0 Å². The average molecular weight is 356 g/mol. The summed E-state index contributed by atoms with van der Waals surface area (Å²) < 4.78 is 10.0. The molecule has 0 saturated heterocycles. The predicted molar refractivity (Wildman–Crippen MR) is 93.7 cm³/mol. The minimum Gasteiger partial charge on any atom is -0.465 e. The maximum absolute atomic E-state index is 12.4.